The lowest BCUT2D eigenvalue weighted by Gasteiger charge is -2.24. The molecule has 1 N–H and O–H groups in total. The summed E-state index contributed by atoms with van der Waals surface area (Å²) in [5, 5.41) is 8.91. The summed E-state index contributed by atoms with van der Waals surface area (Å²) in [6.45, 7) is 0.673. The van der Waals surface area contributed by atoms with Crippen LogP contribution in [0.15, 0.2) is 18.3 Å². The Morgan fingerprint density at radius 1 is 1.32 bits per heavy atom. The van der Waals surface area contributed by atoms with Gasteiger partial charge in [-0.1, -0.05) is 0 Å². The Kier molecular flexibility index (Phi) is 3.05. The molecule has 102 valence electrons. The lowest BCUT2D eigenvalue weighted by Crippen LogP contribution is -2.37. The van der Waals surface area contributed by atoms with Crippen LogP contribution in [0.3, 0.4) is 0 Å². The van der Waals surface area contributed by atoms with E-state index >= 15 is 0 Å². The molecular formula is C14H18N2O3. The molecule has 1 aromatic heterocycles. The van der Waals surface area contributed by atoms with Crippen molar-refractivity contribution < 1.29 is 14.7 Å². The normalized spacial score (nSPS) is 22.7. The Balaban J connectivity index is 1.78. The van der Waals surface area contributed by atoms with Crippen LogP contribution < -0.4 is 0 Å². The van der Waals surface area contributed by atoms with Gasteiger partial charge in [0.15, 0.2) is 0 Å². The summed E-state index contributed by atoms with van der Waals surface area (Å²) >= 11 is 0. The summed E-state index contributed by atoms with van der Waals surface area (Å²) in [4.78, 5) is 25.2. The van der Waals surface area contributed by atoms with E-state index in [0.717, 1.165) is 25.7 Å². The number of carboxylic acids is 1. The molecule has 1 unspecified atom stereocenters. The van der Waals surface area contributed by atoms with Gasteiger partial charge in [-0.15, -0.1) is 0 Å². The average Bonchev–Trinajstić information content (AvgIpc) is 2.92. The number of carbonyl (C=O) groups excluding carboxylic acids is 1. The van der Waals surface area contributed by atoms with Crippen LogP contribution in [-0.2, 0) is 4.79 Å². The SMILES string of the molecule is O=C(O)CC1CCCN1C(=O)c1cccn1C1CC1. The van der Waals surface area contributed by atoms with Crippen molar-refractivity contribution in [2.75, 3.05) is 6.54 Å². The third kappa shape index (κ3) is 2.37. The highest BCUT2D eigenvalue weighted by molar-refractivity contribution is 5.93. The van der Waals surface area contributed by atoms with E-state index in [2.05, 4.69) is 0 Å². The van der Waals surface area contributed by atoms with Gasteiger partial charge in [0, 0.05) is 24.8 Å². The number of hydrogen-bond donors (Lipinski definition) is 1. The van der Waals surface area contributed by atoms with Gasteiger partial charge in [-0.2, -0.15) is 0 Å². The second-order valence-corrected chi connectivity index (χ2v) is 5.42. The Morgan fingerprint density at radius 2 is 2.11 bits per heavy atom. The lowest BCUT2D eigenvalue weighted by atomic mass is 10.1. The molecule has 1 amide bonds. The third-order valence-corrected chi connectivity index (χ3v) is 3.99. The van der Waals surface area contributed by atoms with E-state index in [1.807, 2.05) is 22.9 Å². The van der Waals surface area contributed by atoms with Crippen LogP contribution in [0.2, 0.25) is 0 Å². The number of hydrogen-bond acceptors (Lipinski definition) is 2. The summed E-state index contributed by atoms with van der Waals surface area (Å²) in [5.74, 6) is -0.845. The van der Waals surface area contributed by atoms with Gasteiger partial charge in [-0.3, -0.25) is 9.59 Å². The number of amides is 1. The van der Waals surface area contributed by atoms with Crippen molar-refractivity contribution in [3.05, 3.63) is 24.0 Å². The second-order valence-electron chi connectivity index (χ2n) is 5.42. The smallest absolute Gasteiger partial charge is 0.305 e. The molecule has 1 aromatic rings. The zero-order valence-corrected chi connectivity index (χ0v) is 10.8. The lowest BCUT2D eigenvalue weighted by molar-refractivity contribution is -0.137. The Hall–Kier alpha value is -1.78. The van der Waals surface area contributed by atoms with Gasteiger partial charge in [0.1, 0.15) is 5.69 Å². The maximum atomic E-state index is 12.6. The topological polar surface area (TPSA) is 62.5 Å². The number of aliphatic carboxylic acids is 1. The van der Waals surface area contributed by atoms with E-state index in [-0.39, 0.29) is 18.4 Å². The standard InChI is InChI=1S/C14H18N2O3/c17-13(18)9-11-3-1-8-16(11)14(19)12-4-2-7-15(12)10-5-6-10/h2,4,7,10-11H,1,3,5-6,8-9H2,(H,17,18). The van der Waals surface area contributed by atoms with Gasteiger partial charge in [0.25, 0.3) is 5.91 Å². The molecule has 1 saturated heterocycles. The summed E-state index contributed by atoms with van der Waals surface area (Å²) in [7, 11) is 0. The van der Waals surface area contributed by atoms with Gasteiger partial charge in [0.2, 0.25) is 0 Å². The zero-order valence-electron chi connectivity index (χ0n) is 10.8. The third-order valence-electron chi connectivity index (χ3n) is 3.99. The molecule has 1 atom stereocenters. The van der Waals surface area contributed by atoms with Crippen molar-refractivity contribution in [1.82, 2.24) is 9.47 Å². The minimum atomic E-state index is -0.831. The molecule has 0 aromatic carbocycles. The van der Waals surface area contributed by atoms with E-state index < -0.39 is 5.97 Å². The van der Waals surface area contributed by atoms with Crippen LogP contribution in [0.5, 0.6) is 0 Å². The van der Waals surface area contributed by atoms with Crippen molar-refractivity contribution in [3.8, 4) is 0 Å². The Morgan fingerprint density at radius 3 is 2.79 bits per heavy atom. The van der Waals surface area contributed by atoms with E-state index in [0.29, 0.717) is 18.3 Å². The van der Waals surface area contributed by atoms with Crippen molar-refractivity contribution in [3.63, 3.8) is 0 Å². The van der Waals surface area contributed by atoms with E-state index in [4.69, 9.17) is 5.11 Å². The maximum absolute atomic E-state index is 12.6. The molecule has 0 bridgehead atoms. The molecule has 0 radical (unpaired) electrons. The molecule has 1 aliphatic heterocycles. The molecule has 2 aliphatic rings. The van der Waals surface area contributed by atoms with Crippen LogP contribution in [0.25, 0.3) is 0 Å². The van der Waals surface area contributed by atoms with Crippen LogP contribution >= 0.6 is 0 Å². The fourth-order valence-electron chi connectivity index (χ4n) is 2.91. The predicted molar refractivity (Wildman–Crippen MR) is 69.0 cm³/mol. The van der Waals surface area contributed by atoms with Crippen molar-refractivity contribution in [1.29, 1.82) is 0 Å². The van der Waals surface area contributed by atoms with Crippen LogP contribution in [0.1, 0.15) is 48.6 Å². The fourth-order valence-corrected chi connectivity index (χ4v) is 2.91. The quantitative estimate of drug-likeness (QED) is 0.901. The minimum Gasteiger partial charge on any atom is -0.481 e. The van der Waals surface area contributed by atoms with Crippen LogP contribution in [-0.4, -0.2) is 39.0 Å². The molecule has 5 heteroatoms. The molecule has 0 spiro atoms. The van der Waals surface area contributed by atoms with Gasteiger partial charge >= 0.3 is 5.97 Å². The van der Waals surface area contributed by atoms with Gasteiger partial charge in [-0.25, -0.2) is 0 Å². The van der Waals surface area contributed by atoms with Gasteiger partial charge < -0.3 is 14.6 Å². The highest BCUT2D eigenvalue weighted by Gasteiger charge is 2.34. The number of rotatable bonds is 4. The number of likely N-dealkylation sites (tertiary alicyclic amines) is 1. The highest BCUT2D eigenvalue weighted by atomic mass is 16.4. The molecular weight excluding hydrogens is 244 g/mol. The van der Waals surface area contributed by atoms with Gasteiger partial charge in [-0.05, 0) is 37.8 Å². The number of nitrogens with zero attached hydrogens (tertiary/aromatic N) is 2. The highest BCUT2D eigenvalue weighted by Crippen LogP contribution is 2.36. The first-order chi connectivity index (χ1) is 9.16. The Labute approximate surface area is 111 Å². The Bertz CT molecular complexity index is 505. The number of aromatic nitrogens is 1. The summed E-state index contributed by atoms with van der Waals surface area (Å²) in [6, 6.07) is 4.06. The van der Waals surface area contributed by atoms with E-state index in [1.165, 1.54) is 0 Å². The summed E-state index contributed by atoms with van der Waals surface area (Å²) in [5.41, 5.74) is 0.708. The molecule has 1 saturated carbocycles. The first kappa shape index (κ1) is 12.3. The summed E-state index contributed by atoms with van der Waals surface area (Å²) in [6.07, 6.45) is 5.96. The van der Waals surface area contributed by atoms with Gasteiger partial charge in [0.05, 0.1) is 6.42 Å². The average molecular weight is 262 g/mol. The van der Waals surface area contributed by atoms with Crippen molar-refractivity contribution in [2.24, 2.45) is 0 Å². The van der Waals surface area contributed by atoms with Crippen molar-refractivity contribution in [2.45, 2.75) is 44.2 Å². The second kappa shape index (κ2) is 4.72. The van der Waals surface area contributed by atoms with E-state index in [1.54, 1.807) is 4.90 Å². The van der Waals surface area contributed by atoms with Crippen LogP contribution in [0.4, 0.5) is 0 Å². The first-order valence-corrected chi connectivity index (χ1v) is 6.86. The minimum absolute atomic E-state index is 0.0133. The molecule has 2 heterocycles. The van der Waals surface area contributed by atoms with Crippen molar-refractivity contribution >= 4 is 11.9 Å². The zero-order chi connectivity index (χ0) is 13.4. The number of carboxylic acid groups (broad SMARTS) is 1. The molecule has 3 rings (SSSR count). The first-order valence-electron chi connectivity index (χ1n) is 6.86. The molecule has 19 heavy (non-hydrogen) atoms. The molecule has 5 nitrogen and oxygen atoms in total. The molecule has 2 fully saturated rings. The maximum Gasteiger partial charge on any atom is 0.305 e. The number of carbonyl (C=O) groups is 2. The van der Waals surface area contributed by atoms with Crippen LogP contribution in [0, 0.1) is 0 Å². The monoisotopic (exact) mass is 262 g/mol. The predicted octanol–water partition coefficient (Wildman–Crippen LogP) is 1.90. The largest absolute Gasteiger partial charge is 0.481 e. The summed E-state index contributed by atoms with van der Waals surface area (Å²) < 4.78 is 2.04. The molecule has 1 aliphatic carbocycles. The van der Waals surface area contributed by atoms with E-state index in [9.17, 15) is 9.59 Å². The fraction of sp³-hybridized carbons (Fsp3) is 0.571.